The molecule has 4 unspecified atom stereocenters. The Labute approximate surface area is 99.9 Å². The average Bonchev–Trinajstić information content (AvgIpc) is 2.13. The van der Waals surface area contributed by atoms with Crippen LogP contribution in [-0.2, 0) is 9.59 Å². The maximum atomic E-state index is 10.9. The predicted molar refractivity (Wildman–Crippen MR) is 59.5 cm³/mol. The van der Waals surface area contributed by atoms with Gasteiger partial charge in [0.05, 0.1) is 24.0 Å². The fourth-order valence-electron chi connectivity index (χ4n) is 1.76. The molecule has 0 amide bonds. The predicted octanol–water partition coefficient (Wildman–Crippen LogP) is 0.320. The second-order valence-corrected chi connectivity index (χ2v) is 4.48. The number of aliphatic hydroxyl groups is 2. The van der Waals surface area contributed by atoms with E-state index in [-0.39, 0.29) is 19.3 Å². The summed E-state index contributed by atoms with van der Waals surface area (Å²) < 4.78 is 0. The highest BCUT2D eigenvalue weighted by molar-refractivity contribution is 5.73. The average molecular weight is 248 g/mol. The topological polar surface area (TPSA) is 115 Å². The lowest BCUT2D eigenvalue weighted by Crippen LogP contribution is -2.27. The van der Waals surface area contributed by atoms with Gasteiger partial charge >= 0.3 is 11.9 Å². The Bertz CT molecular complexity index is 235. The molecule has 0 fully saturated rings. The summed E-state index contributed by atoms with van der Waals surface area (Å²) in [7, 11) is 0. The first-order chi connectivity index (χ1) is 7.73. The molecule has 4 N–H and O–H groups in total. The molecule has 0 aliphatic heterocycles. The van der Waals surface area contributed by atoms with Crippen molar-refractivity contribution in [3.8, 4) is 0 Å². The smallest absolute Gasteiger partial charge is 0.306 e. The van der Waals surface area contributed by atoms with E-state index in [1.165, 1.54) is 13.8 Å². The van der Waals surface area contributed by atoms with Crippen LogP contribution in [0.3, 0.4) is 0 Å². The van der Waals surface area contributed by atoms with Gasteiger partial charge in [-0.15, -0.1) is 0 Å². The van der Waals surface area contributed by atoms with Crippen LogP contribution in [0.25, 0.3) is 0 Å². The van der Waals surface area contributed by atoms with E-state index in [0.717, 1.165) is 0 Å². The molecule has 6 heteroatoms. The number of aliphatic carboxylic acids is 2. The summed E-state index contributed by atoms with van der Waals surface area (Å²) in [6.45, 7) is 2.92. The van der Waals surface area contributed by atoms with Crippen molar-refractivity contribution in [2.75, 3.05) is 0 Å². The third-order valence-electron chi connectivity index (χ3n) is 2.52. The maximum absolute atomic E-state index is 10.9. The van der Waals surface area contributed by atoms with E-state index in [1.807, 2.05) is 0 Å². The molecule has 100 valence electrons. The van der Waals surface area contributed by atoms with Crippen molar-refractivity contribution in [2.45, 2.75) is 45.3 Å². The molecule has 4 atom stereocenters. The highest BCUT2D eigenvalue weighted by atomic mass is 16.4. The third-order valence-corrected chi connectivity index (χ3v) is 2.52. The Morgan fingerprint density at radius 2 is 1.12 bits per heavy atom. The zero-order valence-corrected chi connectivity index (χ0v) is 10.0. The van der Waals surface area contributed by atoms with Crippen LogP contribution in [0.5, 0.6) is 0 Å². The number of aliphatic hydroxyl groups excluding tert-OH is 2. The molecule has 0 aliphatic rings. The quantitative estimate of drug-likeness (QED) is 0.491. The number of carboxylic acids is 2. The standard InChI is InChI=1S/C11H20O6/c1-6(12)3-8(10(14)15)5-9(11(16)17)4-7(2)13/h6-9,12-13H,3-5H2,1-2H3,(H,14,15)(H,16,17). The van der Waals surface area contributed by atoms with Crippen molar-refractivity contribution in [3.05, 3.63) is 0 Å². The molecule has 17 heavy (non-hydrogen) atoms. The van der Waals surface area contributed by atoms with E-state index in [0.29, 0.717) is 0 Å². The molecule has 0 aliphatic carbocycles. The van der Waals surface area contributed by atoms with E-state index in [2.05, 4.69) is 0 Å². The minimum absolute atomic E-state index is 0.0128. The molecule has 0 bridgehead atoms. The van der Waals surface area contributed by atoms with Gasteiger partial charge in [0.15, 0.2) is 0 Å². The van der Waals surface area contributed by atoms with Gasteiger partial charge in [-0.1, -0.05) is 0 Å². The van der Waals surface area contributed by atoms with Crippen molar-refractivity contribution >= 4 is 11.9 Å². The number of hydrogen-bond donors (Lipinski definition) is 4. The Morgan fingerprint density at radius 3 is 1.29 bits per heavy atom. The summed E-state index contributed by atoms with van der Waals surface area (Å²) in [5.74, 6) is -4.06. The van der Waals surface area contributed by atoms with Crippen molar-refractivity contribution in [1.82, 2.24) is 0 Å². The van der Waals surface area contributed by atoms with Crippen LogP contribution in [0.4, 0.5) is 0 Å². The Hall–Kier alpha value is -1.14. The molecule has 0 spiro atoms. The number of hydrogen-bond acceptors (Lipinski definition) is 4. The van der Waals surface area contributed by atoms with Gasteiger partial charge in [-0.25, -0.2) is 0 Å². The van der Waals surface area contributed by atoms with E-state index >= 15 is 0 Å². The summed E-state index contributed by atoms with van der Waals surface area (Å²) in [4.78, 5) is 21.8. The SMILES string of the molecule is CC(O)CC(CC(CC(C)O)C(=O)O)C(=O)O. The van der Waals surface area contributed by atoms with E-state index in [9.17, 15) is 9.59 Å². The van der Waals surface area contributed by atoms with Crippen molar-refractivity contribution in [1.29, 1.82) is 0 Å². The lowest BCUT2D eigenvalue weighted by molar-refractivity contribution is -0.147. The second kappa shape index (κ2) is 7.24. The van der Waals surface area contributed by atoms with Gasteiger partial charge in [-0.3, -0.25) is 9.59 Å². The first kappa shape index (κ1) is 15.9. The minimum atomic E-state index is -1.12. The summed E-state index contributed by atoms with van der Waals surface area (Å²) in [5, 5.41) is 36.1. The summed E-state index contributed by atoms with van der Waals surface area (Å²) in [5.41, 5.74) is 0. The summed E-state index contributed by atoms with van der Waals surface area (Å²) in [6, 6.07) is 0. The van der Waals surface area contributed by atoms with Gasteiger partial charge in [0, 0.05) is 0 Å². The molecule has 0 saturated carbocycles. The molecular weight excluding hydrogens is 228 g/mol. The van der Waals surface area contributed by atoms with Crippen LogP contribution in [0, 0.1) is 11.8 Å². The normalized spacial score (nSPS) is 18.1. The highest BCUT2D eigenvalue weighted by Crippen LogP contribution is 2.22. The maximum Gasteiger partial charge on any atom is 0.306 e. The first-order valence-corrected chi connectivity index (χ1v) is 5.55. The lowest BCUT2D eigenvalue weighted by Gasteiger charge is -2.19. The van der Waals surface area contributed by atoms with E-state index in [4.69, 9.17) is 20.4 Å². The summed E-state index contributed by atoms with van der Waals surface area (Å²) in [6.07, 6.45) is -1.65. The van der Waals surface area contributed by atoms with Crippen LogP contribution in [0.1, 0.15) is 33.1 Å². The molecular formula is C11H20O6. The molecule has 0 saturated heterocycles. The van der Waals surface area contributed by atoms with Crippen molar-refractivity contribution in [3.63, 3.8) is 0 Å². The minimum Gasteiger partial charge on any atom is -0.481 e. The fourth-order valence-corrected chi connectivity index (χ4v) is 1.76. The van der Waals surface area contributed by atoms with E-state index < -0.39 is 36.0 Å². The monoisotopic (exact) mass is 248 g/mol. The van der Waals surface area contributed by atoms with Crippen molar-refractivity contribution < 1.29 is 30.0 Å². The second-order valence-electron chi connectivity index (χ2n) is 4.48. The molecule has 0 aromatic rings. The van der Waals surface area contributed by atoms with Crippen LogP contribution in [0.2, 0.25) is 0 Å². The Balaban J connectivity index is 4.56. The third kappa shape index (κ3) is 6.91. The van der Waals surface area contributed by atoms with Gasteiger partial charge in [0.2, 0.25) is 0 Å². The van der Waals surface area contributed by atoms with Crippen molar-refractivity contribution in [2.24, 2.45) is 11.8 Å². The number of carbonyl (C=O) groups is 2. The molecule has 0 radical (unpaired) electrons. The summed E-state index contributed by atoms with van der Waals surface area (Å²) >= 11 is 0. The molecule has 0 heterocycles. The Kier molecular flexibility index (Phi) is 6.75. The Morgan fingerprint density at radius 1 is 0.824 bits per heavy atom. The molecule has 0 aromatic heterocycles. The van der Waals surface area contributed by atoms with Gasteiger partial charge in [0.25, 0.3) is 0 Å². The van der Waals surface area contributed by atoms with E-state index in [1.54, 1.807) is 0 Å². The van der Waals surface area contributed by atoms with Crippen LogP contribution < -0.4 is 0 Å². The number of carboxylic acid groups (broad SMARTS) is 2. The van der Waals surface area contributed by atoms with Crippen LogP contribution >= 0.6 is 0 Å². The van der Waals surface area contributed by atoms with Crippen LogP contribution in [-0.4, -0.2) is 44.6 Å². The number of rotatable bonds is 8. The van der Waals surface area contributed by atoms with Gasteiger partial charge < -0.3 is 20.4 Å². The first-order valence-electron chi connectivity index (χ1n) is 5.55. The zero-order valence-electron chi connectivity index (χ0n) is 10.0. The molecule has 0 aromatic carbocycles. The van der Waals surface area contributed by atoms with Gasteiger partial charge in [-0.2, -0.15) is 0 Å². The van der Waals surface area contributed by atoms with Crippen LogP contribution in [0.15, 0.2) is 0 Å². The zero-order chi connectivity index (χ0) is 13.6. The lowest BCUT2D eigenvalue weighted by atomic mass is 9.87. The largest absolute Gasteiger partial charge is 0.481 e. The fraction of sp³-hybridized carbons (Fsp3) is 0.818. The molecule has 6 nitrogen and oxygen atoms in total. The van der Waals surface area contributed by atoms with Gasteiger partial charge in [0.1, 0.15) is 0 Å². The van der Waals surface area contributed by atoms with Gasteiger partial charge in [-0.05, 0) is 33.1 Å². The molecule has 0 rings (SSSR count). The highest BCUT2D eigenvalue weighted by Gasteiger charge is 2.28.